The Hall–Kier alpha value is -2.81. The van der Waals surface area contributed by atoms with E-state index in [1.54, 1.807) is 4.90 Å². The minimum absolute atomic E-state index is 0.0248. The molecule has 2 aliphatic heterocycles. The molecule has 0 atom stereocenters. The van der Waals surface area contributed by atoms with Crippen molar-refractivity contribution in [2.75, 3.05) is 38.3 Å². The Morgan fingerprint density at radius 3 is 2.68 bits per heavy atom. The molecule has 0 bridgehead atoms. The topological polar surface area (TPSA) is 67.8 Å². The Morgan fingerprint density at radius 1 is 1.19 bits per heavy atom. The quantitative estimate of drug-likeness (QED) is 0.722. The number of amides is 1. The standard InChI is InChI=1S/C22H26F2N4O3/c1-14-5-8-27(9-6-14)22-25-18-7-10-28(20(29)13-30-2)12-16(18)21(26-22)31-19-4-3-15(23)11-17(19)24/h3-4,11,14H,5-10,12-13H2,1-2H3. The van der Waals surface area contributed by atoms with Crippen LogP contribution in [0.3, 0.4) is 0 Å². The highest BCUT2D eigenvalue weighted by molar-refractivity contribution is 5.77. The van der Waals surface area contributed by atoms with Crippen molar-refractivity contribution in [3.63, 3.8) is 0 Å². The lowest BCUT2D eigenvalue weighted by atomic mass is 9.99. The van der Waals surface area contributed by atoms with Gasteiger partial charge >= 0.3 is 0 Å². The molecular weight excluding hydrogens is 406 g/mol. The van der Waals surface area contributed by atoms with E-state index in [1.807, 2.05) is 0 Å². The summed E-state index contributed by atoms with van der Waals surface area (Å²) < 4.78 is 38.4. The van der Waals surface area contributed by atoms with E-state index in [-0.39, 0.29) is 30.7 Å². The zero-order valence-electron chi connectivity index (χ0n) is 17.7. The molecule has 1 amide bonds. The van der Waals surface area contributed by atoms with Crippen LogP contribution in [0.5, 0.6) is 11.6 Å². The molecule has 2 aromatic rings. The van der Waals surface area contributed by atoms with Gasteiger partial charge in [0, 0.05) is 39.2 Å². The second kappa shape index (κ2) is 9.13. The van der Waals surface area contributed by atoms with Crippen LogP contribution in [0.15, 0.2) is 18.2 Å². The Bertz CT molecular complexity index is 964. The maximum Gasteiger partial charge on any atom is 0.248 e. The fraction of sp³-hybridized carbons (Fsp3) is 0.500. The molecule has 1 aromatic heterocycles. The molecule has 2 aliphatic rings. The number of benzene rings is 1. The molecule has 0 radical (unpaired) electrons. The molecule has 9 heteroatoms. The van der Waals surface area contributed by atoms with Crippen LogP contribution >= 0.6 is 0 Å². The number of carbonyl (C=O) groups is 1. The number of hydrogen-bond donors (Lipinski definition) is 0. The Labute approximate surface area is 180 Å². The van der Waals surface area contributed by atoms with E-state index < -0.39 is 11.6 Å². The minimum atomic E-state index is -0.816. The number of fused-ring (bicyclic) bond motifs is 1. The third kappa shape index (κ3) is 4.76. The molecule has 0 spiro atoms. The summed E-state index contributed by atoms with van der Waals surface area (Å²) >= 11 is 0. The number of carbonyl (C=O) groups excluding carboxylic acids is 1. The number of anilines is 1. The first-order valence-electron chi connectivity index (χ1n) is 10.5. The van der Waals surface area contributed by atoms with Crippen molar-refractivity contribution < 1.29 is 23.0 Å². The summed E-state index contributed by atoms with van der Waals surface area (Å²) in [6, 6.07) is 3.13. The number of methoxy groups -OCH3 is 1. The first-order chi connectivity index (χ1) is 14.9. The minimum Gasteiger partial charge on any atom is -0.435 e. The van der Waals surface area contributed by atoms with Gasteiger partial charge in [0.25, 0.3) is 0 Å². The van der Waals surface area contributed by atoms with Crippen LogP contribution in [-0.4, -0.2) is 54.1 Å². The van der Waals surface area contributed by atoms with E-state index in [0.29, 0.717) is 30.4 Å². The van der Waals surface area contributed by atoms with E-state index >= 15 is 0 Å². The van der Waals surface area contributed by atoms with Gasteiger partial charge in [-0.25, -0.2) is 13.8 Å². The normalized spacial score (nSPS) is 16.9. The van der Waals surface area contributed by atoms with Crippen LogP contribution in [0.2, 0.25) is 0 Å². The lowest BCUT2D eigenvalue weighted by molar-refractivity contribution is -0.136. The van der Waals surface area contributed by atoms with Crippen LogP contribution in [0.4, 0.5) is 14.7 Å². The van der Waals surface area contributed by atoms with Crippen molar-refractivity contribution in [3.05, 3.63) is 41.1 Å². The second-order valence-corrected chi connectivity index (χ2v) is 8.10. The molecule has 1 saturated heterocycles. The van der Waals surface area contributed by atoms with Crippen molar-refractivity contribution in [1.29, 1.82) is 0 Å². The molecular formula is C22H26F2N4O3. The highest BCUT2D eigenvalue weighted by Gasteiger charge is 2.29. The maximum atomic E-state index is 14.3. The fourth-order valence-corrected chi connectivity index (χ4v) is 3.90. The summed E-state index contributed by atoms with van der Waals surface area (Å²) in [5.41, 5.74) is 1.41. The van der Waals surface area contributed by atoms with Crippen LogP contribution in [0.1, 0.15) is 31.0 Å². The van der Waals surface area contributed by atoms with Gasteiger partial charge in [-0.2, -0.15) is 4.98 Å². The highest BCUT2D eigenvalue weighted by Crippen LogP contribution is 2.33. The number of aromatic nitrogens is 2. The zero-order chi connectivity index (χ0) is 22.0. The van der Waals surface area contributed by atoms with Crippen molar-refractivity contribution in [3.8, 4) is 11.6 Å². The summed E-state index contributed by atoms with van der Waals surface area (Å²) in [7, 11) is 1.47. The summed E-state index contributed by atoms with van der Waals surface area (Å²) in [5, 5.41) is 0. The number of piperidine rings is 1. The third-order valence-corrected chi connectivity index (χ3v) is 5.80. The molecule has 7 nitrogen and oxygen atoms in total. The van der Waals surface area contributed by atoms with Gasteiger partial charge in [0.2, 0.25) is 17.7 Å². The van der Waals surface area contributed by atoms with E-state index in [4.69, 9.17) is 14.5 Å². The predicted molar refractivity (Wildman–Crippen MR) is 110 cm³/mol. The van der Waals surface area contributed by atoms with Crippen molar-refractivity contribution in [1.82, 2.24) is 14.9 Å². The lowest BCUT2D eigenvalue weighted by Gasteiger charge is -2.33. The fourth-order valence-electron chi connectivity index (χ4n) is 3.90. The largest absolute Gasteiger partial charge is 0.435 e. The Balaban J connectivity index is 1.69. The highest BCUT2D eigenvalue weighted by atomic mass is 19.1. The van der Waals surface area contributed by atoms with Crippen LogP contribution in [0, 0.1) is 17.6 Å². The zero-order valence-corrected chi connectivity index (χ0v) is 17.7. The number of hydrogen-bond acceptors (Lipinski definition) is 6. The average Bonchev–Trinajstić information content (AvgIpc) is 2.76. The van der Waals surface area contributed by atoms with Crippen LogP contribution in [0.25, 0.3) is 0 Å². The smallest absolute Gasteiger partial charge is 0.248 e. The van der Waals surface area contributed by atoms with Crippen molar-refractivity contribution in [2.24, 2.45) is 5.92 Å². The van der Waals surface area contributed by atoms with E-state index in [0.717, 1.165) is 43.8 Å². The first kappa shape index (κ1) is 21.4. The predicted octanol–water partition coefficient (Wildman–Crippen LogP) is 3.31. The second-order valence-electron chi connectivity index (χ2n) is 8.10. The summed E-state index contributed by atoms with van der Waals surface area (Å²) in [6.45, 7) is 4.62. The van der Waals surface area contributed by atoms with Gasteiger partial charge in [-0.05, 0) is 30.9 Å². The molecule has 0 saturated carbocycles. The van der Waals surface area contributed by atoms with E-state index in [2.05, 4.69) is 16.8 Å². The van der Waals surface area contributed by atoms with Gasteiger partial charge in [0.1, 0.15) is 12.4 Å². The SMILES string of the molecule is COCC(=O)N1CCc2nc(N3CCC(C)CC3)nc(Oc3ccc(F)cc3F)c2C1. The monoisotopic (exact) mass is 432 g/mol. The number of rotatable bonds is 5. The van der Waals surface area contributed by atoms with E-state index in [9.17, 15) is 13.6 Å². The Morgan fingerprint density at radius 2 is 1.97 bits per heavy atom. The van der Waals surface area contributed by atoms with E-state index in [1.165, 1.54) is 13.2 Å². The van der Waals surface area contributed by atoms with Gasteiger partial charge < -0.3 is 19.3 Å². The molecule has 1 aromatic carbocycles. The van der Waals surface area contributed by atoms with Gasteiger partial charge in [0.15, 0.2) is 11.6 Å². The molecule has 0 unspecified atom stereocenters. The summed E-state index contributed by atoms with van der Waals surface area (Å²) in [5.74, 6) is -0.392. The van der Waals surface area contributed by atoms with Gasteiger partial charge in [-0.1, -0.05) is 6.92 Å². The molecule has 4 rings (SSSR count). The molecule has 1 fully saturated rings. The molecule has 31 heavy (non-hydrogen) atoms. The van der Waals surface area contributed by atoms with Crippen molar-refractivity contribution in [2.45, 2.75) is 32.7 Å². The number of ether oxygens (including phenoxy) is 2. The van der Waals surface area contributed by atoms with Gasteiger partial charge in [0.05, 0.1) is 17.8 Å². The molecule has 166 valence electrons. The molecule has 0 N–H and O–H groups in total. The Kier molecular flexibility index (Phi) is 6.31. The summed E-state index contributed by atoms with van der Waals surface area (Å²) in [4.78, 5) is 25.4. The summed E-state index contributed by atoms with van der Waals surface area (Å²) in [6.07, 6.45) is 2.62. The molecule has 0 aliphatic carbocycles. The molecule has 3 heterocycles. The van der Waals surface area contributed by atoms with Crippen LogP contribution < -0.4 is 9.64 Å². The van der Waals surface area contributed by atoms with Gasteiger partial charge in [-0.3, -0.25) is 4.79 Å². The van der Waals surface area contributed by atoms with Crippen molar-refractivity contribution >= 4 is 11.9 Å². The van der Waals surface area contributed by atoms with Gasteiger partial charge in [-0.15, -0.1) is 0 Å². The number of nitrogens with zero attached hydrogens (tertiary/aromatic N) is 4. The first-order valence-corrected chi connectivity index (χ1v) is 10.5. The number of halogens is 2. The third-order valence-electron chi connectivity index (χ3n) is 5.80. The lowest BCUT2D eigenvalue weighted by Crippen LogP contribution is -2.39. The maximum absolute atomic E-state index is 14.3. The van der Waals surface area contributed by atoms with Crippen LogP contribution in [-0.2, 0) is 22.5 Å². The average molecular weight is 432 g/mol.